The van der Waals surface area contributed by atoms with E-state index in [1.807, 2.05) is 19.9 Å². The maximum Gasteiger partial charge on any atom is 0.134 e. The minimum atomic E-state index is -0.570. The molecular weight excluding hydrogens is 208 g/mol. The highest BCUT2D eigenvalue weighted by Crippen LogP contribution is 2.26. The molecule has 0 saturated heterocycles. The van der Waals surface area contributed by atoms with Crippen molar-refractivity contribution >= 4 is 0 Å². The minimum absolute atomic E-state index is 0.381. The van der Waals surface area contributed by atoms with Crippen LogP contribution >= 0.6 is 0 Å². The Balaban J connectivity index is 2.59. The second kappa shape index (κ2) is 4.00. The molecule has 0 fully saturated rings. The average molecular weight is 219 g/mol. The predicted octanol–water partition coefficient (Wildman–Crippen LogP) is 3.64. The standard InChI is InChI=1S/C13H11F2N/c1-8-5-9(2)16-7-12(8)11-4-3-10(14)6-13(11)15/h3-7H,1-2H3. The van der Waals surface area contributed by atoms with E-state index in [-0.39, 0.29) is 0 Å². The van der Waals surface area contributed by atoms with Gasteiger partial charge in [-0.25, -0.2) is 8.78 Å². The Hall–Kier alpha value is -1.77. The summed E-state index contributed by atoms with van der Waals surface area (Å²) in [6.45, 7) is 3.75. The van der Waals surface area contributed by atoms with Gasteiger partial charge in [0.2, 0.25) is 0 Å². The van der Waals surface area contributed by atoms with Crippen LogP contribution in [0.2, 0.25) is 0 Å². The fourth-order valence-electron chi connectivity index (χ4n) is 1.69. The van der Waals surface area contributed by atoms with E-state index in [1.54, 1.807) is 6.20 Å². The molecule has 3 heteroatoms. The van der Waals surface area contributed by atoms with Gasteiger partial charge in [0.15, 0.2) is 0 Å². The van der Waals surface area contributed by atoms with E-state index in [0.717, 1.165) is 17.3 Å². The van der Waals surface area contributed by atoms with E-state index in [9.17, 15) is 8.78 Å². The molecule has 0 bridgehead atoms. The minimum Gasteiger partial charge on any atom is -0.261 e. The molecule has 0 spiro atoms. The van der Waals surface area contributed by atoms with E-state index in [1.165, 1.54) is 12.1 Å². The summed E-state index contributed by atoms with van der Waals surface area (Å²) in [5, 5.41) is 0. The van der Waals surface area contributed by atoms with E-state index >= 15 is 0 Å². The van der Waals surface area contributed by atoms with Crippen LogP contribution in [0.25, 0.3) is 11.1 Å². The third-order valence-electron chi connectivity index (χ3n) is 2.47. The van der Waals surface area contributed by atoms with Gasteiger partial charge < -0.3 is 0 Å². The molecule has 0 aliphatic carbocycles. The second-order valence-electron chi connectivity index (χ2n) is 3.76. The normalized spacial score (nSPS) is 10.5. The summed E-state index contributed by atoms with van der Waals surface area (Å²) in [6, 6.07) is 5.44. The van der Waals surface area contributed by atoms with Gasteiger partial charge in [-0.3, -0.25) is 4.98 Å². The number of hydrogen-bond donors (Lipinski definition) is 0. The molecule has 1 heterocycles. The molecule has 16 heavy (non-hydrogen) atoms. The largest absolute Gasteiger partial charge is 0.261 e. The average Bonchev–Trinajstić information content (AvgIpc) is 2.19. The van der Waals surface area contributed by atoms with Crippen molar-refractivity contribution in [2.24, 2.45) is 0 Å². The lowest BCUT2D eigenvalue weighted by atomic mass is 10.0. The number of rotatable bonds is 1. The molecular formula is C13H11F2N. The summed E-state index contributed by atoms with van der Waals surface area (Å²) < 4.78 is 26.3. The van der Waals surface area contributed by atoms with Gasteiger partial charge in [0.05, 0.1) is 0 Å². The molecule has 0 aliphatic rings. The lowest BCUT2D eigenvalue weighted by Gasteiger charge is -2.07. The van der Waals surface area contributed by atoms with Crippen molar-refractivity contribution in [3.05, 3.63) is 53.4 Å². The van der Waals surface area contributed by atoms with Crippen molar-refractivity contribution in [3.63, 3.8) is 0 Å². The van der Waals surface area contributed by atoms with Crippen LogP contribution in [0.1, 0.15) is 11.3 Å². The fraction of sp³-hybridized carbons (Fsp3) is 0.154. The van der Waals surface area contributed by atoms with Crippen molar-refractivity contribution in [1.82, 2.24) is 4.98 Å². The van der Waals surface area contributed by atoms with Crippen molar-refractivity contribution in [2.75, 3.05) is 0 Å². The topological polar surface area (TPSA) is 12.9 Å². The lowest BCUT2D eigenvalue weighted by molar-refractivity contribution is 0.585. The number of hydrogen-bond acceptors (Lipinski definition) is 1. The third-order valence-corrected chi connectivity index (χ3v) is 2.47. The number of nitrogens with zero attached hydrogens (tertiary/aromatic N) is 1. The number of halogens is 2. The molecule has 0 N–H and O–H groups in total. The van der Waals surface area contributed by atoms with Crippen molar-refractivity contribution in [2.45, 2.75) is 13.8 Å². The zero-order chi connectivity index (χ0) is 11.7. The van der Waals surface area contributed by atoms with Crippen LogP contribution in [-0.2, 0) is 0 Å². The molecule has 0 radical (unpaired) electrons. The molecule has 82 valence electrons. The Labute approximate surface area is 92.8 Å². The first-order chi connectivity index (χ1) is 7.58. The maximum atomic E-state index is 13.5. The molecule has 1 aromatic carbocycles. The first-order valence-corrected chi connectivity index (χ1v) is 4.96. The van der Waals surface area contributed by atoms with Crippen LogP contribution in [0.3, 0.4) is 0 Å². The first kappa shape index (κ1) is 10.7. The molecule has 2 rings (SSSR count). The van der Waals surface area contributed by atoms with Gasteiger partial charge in [0.1, 0.15) is 11.6 Å². The molecule has 1 nitrogen and oxygen atoms in total. The highest BCUT2D eigenvalue weighted by atomic mass is 19.1. The molecule has 2 aromatic rings. The van der Waals surface area contributed by atoms with E-state index in [0.29, 0.717) is 11.1 Å². The van der Waals surface area contributed by atoms with Crippen LogP contribution in [0.4, 0.5) is 8.78 Å². The molecule has 0 atom stereocenters. The summed E-state index contributed by atoms with van der Waals surface area (Å²) in [6.07, 6.45) is 1.61. The van der Waals surface area contributed by atoms with Crippen molar-refractivity contribution < 1.29 is 8.78 Å². The van der Waals surface area contributed by atoms with Crippen molar-refractivity contribution in [1.29, 1.82) is 0 Å². The summed E-state index contributed by atoms with van der Waals surface area (Å²) in [5.74, 6) is -1.13. The summed E-state index contributed by atoms with van der Waals surface area (Å²) >= 11 is 0. The monoisotopic (exact) mass is 219 g/mol. The van der Waals surface area contributed by atoms with Gasteiger partial charge in [-0.1, -0.05) is 0 Å². The molecule has 1 aromatic heterocycles. The maximum absolute atomic E-state index is 13.5. The smallest absolute Gasteiger partial charge is 0.134 e. The number of benzene rings is 1. The van der Waals surface area contributed by atoms with Gasteiger partial charge in [-0.05, 0) is 37.6 Å². The zero-order valence-corrected chi connectivity index (χ0v) is 9.09. The fourth-order valence-corrected chi connectivity index (χ4v) is 1.69. The van der Waals surface area contributed by atoms with Gasteiger partial charge in [0.25, 0.3) is 0 Å². The number of aromatic nitrogens is 1. The van der Waals surface area contributed by atoms with Crippen LogP contribution in [-0.4, -0.2) is 4.98 Å². The SMILES string of the molecule is Cc1cc(C)c(-c2ccc(F)cc2F)cn1. The zero-order valence-electron chi connectivity index (χ0n) is 9.09. The highest BCUT2D eigenvalue weighted by molar-refractivity contribution is 5.66. The van der Waals surface area contributed by atoms with Gasteiger partial charge >= 0.3 is 0 Å². The van der Waals surface area contributed by atoms with Gasteiger partial charge in [-0.2, -0.15) is 0 Å². The van der Waals surface area contributed by atoms with E-state index in [4.69, 9.17) is 0 Å². The summed E-state index contributed by atoms with van der Waals surface area (Å²) in [4.78, 5) is 4.12. The van der Waals surface area contributed by atoms with Gasteiger partial charge in [-0.15, -0.1) is 0 Å². The molecule has 0 amide bonds. The van der Waals surface area contributed by atoms with E-state index in [2.05, 4.69) is 4.98 Å². The first-order valence-electron chi connectivity index (χ1n) is 4.96. The number of pyridine rings is 1. The predicted molar refractivity (Wildman–Crippen MR) is 59.1 cm³/mol. The summed E-state index contributed by atoms with van der Waals surface area (Å²) in [5.41, 5.74) is 2.89. The lowest BCUT2D eigenvalue weighted by Crippen LogP contribution is -1.92. The molecule has 0 aliphatic heterocycles. The quantitative estimate of drug-likeness (QED) is 0.713. The van der Waals surface area contributed by atoms with Crippen molar-refractivity contribution in [3.8, 4) is 11.1 Å². The Morgan fingerprint density at radius 1 is 1.00 bits per heavy atom. The summed E-state index contributed by atoms with van der Waals surface area (Å²) in [7, 11) is 0. The van der Waals surface area contributed by atoms with E-state index < -0.39 is 11.6 Å². The Bertz CT molecular complexity index is 486. The number of aryl methyl sites for hydroxylation is 2. The Morgan fingerprint density at radius 2 is 1.75 bits per heavy atom. The Kier molecular flexibility index (Phi) is 2.69. The van der Waals surface area contributed by atoms with Crippen LogP contribution < -0.4 is 0 Å². The van der Waals surface area contributed by atoms with Crippen LogP contribution in [0.5, 0.6) is 0 Å². The van der Waals surface area contributed by atoms with Crippen LogP contribution in [0.15, 0.2) is 30.5 Å². The highest BCUT2D eigenvalue weighted by Gasteiger charge is 2.09. The van der Waals surface area contributed by atoms with Gasteiger partial charge in [0, 0.05) is 29.1 Å². The molecule has 0 unspecified atom stereocenters. The Morgan fingerprint density at radius 3 is 2.38 bits per heavy atom. The second-order valence-corrected chi connectivity index (χ2v) is 3.76. The molecule has 0 saturated carbocycles. The third kappa shape index (κ3) is 1.94. The van der Waals surface area contributed by atoms with Crippen LogP contribution in [0, 0.1) is 25.5 Å².